The van der Waals surface area contributed by atoms with Crippen molar-refractivity contribution in [2.75, 3.05) is 43.8 Å². The van der Waals surface area contributed by atoms with E-state index in [1.54, 1.807) is 18.0 Å². The van der Waals surface area contributed by atoms with Crippen molar-refractivity contribution in [2.24, 2.45) is 0 Å². The Labute approximate surface area is 193 Å². The number of fused-ring (bicyclic) bond motifs is 1. The van der Waals surface area contributed by atoms with Crippen LogP contribution < -0.4 is 5.32 Å². The fraction of sp³-hybridized carbons (Fsp3) is 0.320. The van der Waals surface area contributed by atoms with Crippen molar-refractivity contribution in [3.05, 3.63) is 66.4 Å². The second-order valence-corrected chi connectivity index (χ2v) is 8.85. The number of pyridine rings is 1. The molecule has 4 rings (SSSR count). The van der Waals surface area contributed by atoms with Crippen LogP contribution in [0.5, 0.6) is 0 Å². The first kappa shape index (κ1) is 22.3. The van der Waals surface area contributed by atoms with Crippen molar-refractivity contribution in [3.8, 4) is 0 Å². The highest BCUT2D eigenvalue weighted by atomic mass is 32.2. The number of hydrogen-bond acceptors (Lipinski definition) is 5. The lowest BCUT2D eigenvalue weighted by atomic mass is 10.1. The highest BCUT2D eigenvalue weighted by Crippen LogP contribution is 2.26. The average molecular weight is 449 g/mol. The number of rotatable bonds is 7. The SMILES string of the molecule is CCc1ccccc1NC(=O)CN1CCN(C(=O)CSc2ccnc3ccccc23)CC1. The van der Waals surface area contributed by atoms with Crippen LogP contribution in [0, 0.1) is 0 Å². The van der Waals surface area contributed by atoms with Gasteiger partial charge in [-0.05, 0) is 30.2 Å². The molecule has 166 valence electrons. The van der Waals surface area contributed by atoms with Gasteiger partial charge >= 0.3 is 0 Å². The second-order valence-electron chi connectivity index (χ2n) is 7.83. The second kappa shape index (κ2) is 10.6. The number of piperazine rings is 1. The highest BCUT2D eigenvalue weighted by molar-refractivity contribution is 8.00. The highest BCUT2D eigenvalue weighted by Gasteiger charge is 2.22. The molecule has 0 atom stereocenters. The summed E-state index contributed by atoms with van der Waals surface area (Å²) in [6, 6.07) is 17.8. The van der Waals surface area contributed by atoms with Gasteiger partial charge in [-0.3, -0.25) is 19.5 Å². The molecule has 6 nitrogen and oxygen atoms in total. The first-order chi connectivity index (χ1) is 15.6. The van der Waals surface area contributed by atoms with Crippen LogP contribution in [-0.2, 0) is 16.0 Å². The molecule has 0 saturated carbocycles. The maximum atomic E-state index is 12.7. The molecule has 32 heavy (non-hydrogen) atoms. The summed E-state index contributed by atoms with van der Waals surface area (Å²) < 4.78 is 0. The monoisotopic (exact) mass is 448 g/mol. The number of carbonyl (C=O) groups excluding carboxylic acids is 2. The molecule has 1 aliphatic rings. The number of aryl methyl sites for hydroxylation is 1. The van der Waals surface area contributed by atoms with Crippen LogP contribution >= 0.6 is 11.8 Å². The topological polar surface area (TPSA) is 65.5 Å². The number of thioether (sulfide) groups is 1. The molecule has 2 aromatic carbocycles. The van der Waals surface area contributed by atoms with Crippen molar-refractivity contribution >= 4 is 40.2 Å². The molecule has 1 saturated heterocycles. The number of amides is 2. The number of hydrogen-bond donors (Lipinski definition) is 1. The molecular formula is C25H28N4O2S. The van der Waals surface area contributed by atoms with Crippen molar-refractivity contribution in [1.29, 1.82) is 0 Å². The quantitative estimate of drug-likeness (QED) is 0.559. The number of para-hydroxylation sites is 2. The molecule has 2 heterocycles. The molecule has 0 unspecified atom stereocenters. The average Bonchev–Trinajstić information content (AvgIpc) is 2.83. The number of benzene rings is 2. The first-order valence-corrected chi connectivity index (χ1v) is 12.0. The molecule has 1 aromatic heterocycles. The Bertz CT molecular complexity index is 1090. The van der Waals surface area contributed by atoms with Gasteiger partial charge in [0.1, 0.15) is 0 Å². The molecular weight excluding hydrogens is 420 g/mol. The number of aromatic nitrogens is 1. The lowest BCUT2D eigenvalue weighted by molar-refractivity contribution is -0.130. The molecule has 0 bridgehead atoms. The Hall–Kier alpha value is -2.90. The summed E-state index contributed by atoms with van der Waals surface area (Å²) in [5, 5.41) is 4.10. The zero-order valence-corrected chi connectivity index (χ0v) is 19.1. The van der Waals surface area contributed by atoms with E-state index in [9.17, 15) is 9.59 Å². The largest absolute Gasteiger partial charge is 0.339 e. The van der Waals surface area contributed by atoms with E-state index in [1.807, 2.05) is 59.5 Å². The molecule has 1 fully saturated rings. The summed E-state index contributed by atoms with van der Waals surface area (Å²) in [5.74, 6) is 0.533. The van der Waals surface area contributed by atoms with Crippen LogP contribution in [0.3, 0.4) is 0 Å². The lowest BCUT2D eigenvalue weighted by Gasteiger charge is -2.34. The molecule has 1 aliphatic heterocycles. The molecule has 7 heteroatoms. The smallest absolute Gasteiger partial charge is 0.238 e. The van der Waals surface area contributed by atoms with E-state index in [0.717, 1.165) is 33.5 Å². The third-order valence-corrected chi connectivity index (χ3v) is 6.78. The maximum Gasteiger partial charge on any atom is 0.238 e. The predicted molar refractivity (Wildman–Crippen MR) is 130 cm³/mol. The van der Waals surface area contributed by atoms with Crippen LogP contribution in [-0.4, -0.2) is 65.1 Å². The van der Waals surface area contributed by atoms with E-state index in [1.165, 1.54) is 0 Å². The first-order valence-electron chi connectivity index (χ1n) is 11.0. The van der Waals surface area contributed by atoms with Crippen molar-refractivity contribution in [2.45, 2.75) is 18.2 Å². The van der Waals surface area contributed by atoms with Gasteiger partial charge in [0.2, 0.25) is 11.8 Å². The van der Waals surface area contributed by atoms with Crippen LogP contribution in [0.15, 0.2) is 65.7 Å². The molecule has 0 radical (unpaired) electrons. The van der Waals surface area contributed by atoms with Crippen molar-refractivity contribution in [1.82, 2.24) is 14.8 Å². The number of nitrogens with zero attached hydrogens (tertiary/aromatic N) is 3. The maximum absolute atomic E-state index is 12.7. The standard InChI is InChI=1S/C25H28N4O2S/c1-2-19-7-3-5-9-21(19)27-24(30)17-28-13-15-29(16-14-28)25(31)18-32-23-11-12-26-22-10-6-4-8-20(22)23/h3-12H,2,13-18H2,1H3,(H,27,30). The van der Waals surface area contributed by atoms with Gasteiger partial charge in [-0.1, -0.05) is 43.3 Å². The van der Waals surface area contributed by atoms with Gasteiger partial charge in [0, 0.05) is 48.3 Å². The predicted octanol–water partition coefficient (Wildman–Crippen LogP) is 3.67. The minimum Gasteiger partial charge on any atom is -0.339 e. The van der Waals surface area contributed by atoms with Gasteiger partial charge in [0.05, 0.1) is 17.8 Å². The van der Waals surface area contributed by atoms with Gasteiger partial charge in [-0.2, -0.15) is 0 Å². The zero-order chi connectivity index (χ0) is 22.3. The number of carbonyl (C=O) groups is 2. The Morgan fingerprint density at radius 3 is 2.56 bits per heavy atom. The minimum absolute atomic E-state index is 0.00852. The van der Waals surface area contributed by atoms with Gasteiger partial charge < -0.3 is 10.2 Å². The Kier molecular flexibility index (Phi) is 7.39. The molecule has 3 aromatic rings. The lowest BCUT2D eigenvalue weighted by Crippen LogP contribution is -2.50. The Morgan fingerprint density at radius 1 is 1.00 bits per heavy atom. The van der Waals surface area contributed by atoms with Crippen LogP contribution in [0.25, 0.3) is 10.9 Å². The normalized spacial score (nSPS) is 14.5. The van der Waals surface area contributed by atoms with Gasteiger partial charge in [-0.25, -0.2) is 0 Å². The third-order valence-electron chi connectivity index (χ3n) is 5.72. The number of nitrogens with one attached hydrogen (secondary N) is 1. The van der Waals surface area contributed by atoms with Crippen LogP contribution in [0.4, 0.5) is 5.69 Å². The minimum atomic E-state index is -0.00852. The summed E-state index contributed by atoms with van der Waals surface area (Å²) in [6.45, 7) is 5.13. The van der Waals surface area contributed by atoms with Crippen LogP contribution in [0.1, 0.15) is 12.5 Å². The molecule has 0 aliphatic carbocycles. The summed E-state index contributed by atoms with van der Waals surface area (Å²) >= 11 is 1.56. The van der Waals surface area contributed by atoms with Gasteiger partial charge in [0.15, 0.2) is 0 Å². The summed E-state index contributed by atoms with van der Waals surface area (Å²) in [6.07, 6.45) is 2.67. The third kappa shape index (κ3) is 5.47. The summed E-state index contributed by atoms with van der Waals surface area (Å²) in [4.78, 5) is 34.7. The van der Waals surface area contributed by atoms with Gasteiger partial charge in [0.25, 0.3) is 0 Å². The van der Waals surface area contributed by atoms with E-state index in [-0.39, 0.29) is 11.8 Å². The van der Waals surface area contributed by atoms with E-state index >= 15 is 0 Å². The molecule has 1 N–H and O–H groups in total. The van der Waals surface area contributed by atoms with Crippen molar-refractivity contribution in [3.63, 3.8) is 0 Å². The summed E-state index contributed by atoms with van der Waals surface area (Å²) in [7, 11) is 0. The van der Waals surface area contributed by atoms with Gasteiger partial charge in [-0.15, -0.1) is 11.8 Å². The fourth-order valence-corrected chi connectivity index (χ4v) is 4.87. The summed E-state index contributed by atoms with van der Waals surface area (Å²) in [5.41, 5.74) is 2.96. The Balaban J connectivity index is 1.24. The van der Waals surface area contributed by atoms with E-state index in [0.29, 0.717) is 38.5 Å². The van der Waals surface area contributed by atoms with E-state index in [4.69, 9.17) is 0 Å². The molecule has 2 amide bonds. The Morgan fingerprint density at radius 2 is 1.75 bits per heavy atom. The van der Waals surface area contributed by atoms with Crippen LogP contribution in [0.2, 0.25) is 0 Å². The fourth-order valence-electron chi connectivity index (χ4n) is 3.93. The molecule has 0 spiro atoms. The number of anilines is 1. The zero-order valence-electron chi connectivity index (χ0n) is 18.3. The van der Waals surface area contributed by atoms with E-state index in [2.05, 4.69) is 22.1 Å². The van der Waals surface area contributed by atoms with Crippen molar-refractivity contribution < 1.29 is 9.59 Å². The van der Waals surface area contributed by atoms with E-state index < -0.39 is 0 Å².